The topological polar surface area (TPSA) is 99.3 Å². The quantitative estimate of drug-likeness (QED) is 0.731. The molecule has 140 valence electrons. The largest absolute Gasteiger partial charge is 0.444 e. The number of rotatable bonds is 5. The van der Waals surface area contributed by atoms with E-state index in [2.05, 4.69) is 5.32 Å². The number of nitrogens with zero attached hydrogens (tertiary/aromatic N) is 3. The van der Waals surface area contributed by atoms with Crippen LogP contribution in [-0.4, -0.2) is 86.3 Å². The second-order valence-electron chi connectivity index (χ2n) is 6.75. The molecule has 0 radical (unpaired) electrons. The molecule has 9 nitrogen and oxygen atoms in total. The summed E-state index contributed by atoms with van der Waals surface area (Å²) < 4.78 is 31.6. The Morgan fingerprint density at radius 2 is 1.67 bits per heavy atom. The van der Waals surface area contributed by atoms with Gasteiger partial charge in [0, 0.05) is 53.2 Å². The van der Waals surface area contributed by atoms with E-state index in [1.165, 1.54) is 18.4 Å². The lowest BCUT2D eigenvalue weighted by Gasteiger charge is -2.35. The van der Waals surface area contributed by atoms with Gasteiger partial charge in [-0.15, -0.1) is 0 Å². The minimum atomic E-state index is -3.44. The van der Waals surface area contributed by atoms with E-state index in [4.69, 9.17) is 4.74 Å². The smallest absolute Gasteiger partial charge is 0.407 e. The normalized spacial score (nSPS) is 17.0. The predicted octanol–water partition coefficient (Wildman–Crippen LogP) is -0.148. The zero-order valence-electron chi connectivity index (χ0n) is 15.0. The first kappa shape index (κ1) is 20.7. The van der Waals surface area contributed by atoms with Crippen LogP contribution in [-0.2, 0) is 19.7 Å². The van der Waals surface area contributed by atoms with Gasteiger partial charge >= 0.3 is 6.09 Å². The summed E-state index contributed by atoms with van der Waals surface area (Å²) in [5.74, 6) is -0.118. The third-order valence-corrected chi connectivity index (χ3v) is 5.33. The molecule has 2 amide bonds. The third-order valence-electron chi connectivity index (χ3n) is 3.39. The molecule has 1 saturated heterocycles. The Labute approximate surface area is 144 Å². The maximum Gasteiger partial charge on any atom is 0.407 e. The second kappa shape index (κ2) is 8.13. The van der Waals surface area contributed by atoms with Crippen molar-refractivity contribution in [3.63, 3.8) is 0 Å². The Morgan fingerprint density at radius 3 is 2.12 bits per heavy atom. The molecule has 24 heavy (non-hydrogen) atoms. The van der Waals surface area contributed by atoms with Crippen LogP contribution in [0.4, 0.5) is 4.79 Å². The van der Waals surface area contributed by atoms with Crippen molar-refractivity contribution in [2.24, 2.45) is 0 Å². The molecule has 1 aliphatic rings. The van der Waals surface area contributed by atoms with Crippen LogP contribution in [0.1, 0.15) is 27.2 Å². The molecule has 0 aromatic carbocycles. The highest BCUT2D eigenvalue weighted by Gasteiger charge is 2.30. The van der Waals surface area contributed by atoms with E-state index < -0.39 is 21.9 Å². The number of carbonyl (C=O) groups is 2. The maximum absolute atomic E-state index is 12.1. The number of amides is 2. The summed E-state index contributed by atoms with van der Waals surface area (Å²) in [5.41, 5.74) is -0.581. The lowest BCUT2D eigenvalue weighted by Crippen LogP contribution is -2.53. The van der Waals surface area contributed by atoms with E-state index in [1.807, 2.05) is 0 Å². The first-order chi connectivity index (χ1) is 10.9. The Hall–Kier alpha value is -1.39. The van der Waals surface area contributed by atoms with Gasteiger partial charge in [-0.2, -0.15) is 17.0 Å². The average molecular weight is 364 g/mol. The van der Waals surface area contributed by atoms with Crippen LogP contribution in [0.3, 0.4) is 0 Å². The van der Waals surface area contributed by atoms with E-state index in [0.717, 1.165) is 4.31 Å². The summed E-state index contributed by atoms with van der Waals surface area (Å²) in [7, 11) is -0.477. The average Bonchev–Trinajstić information content (AvgIpc) is 2.45. The maximum atomic E-state index is 12.1. The van der Waals surface area contributed by atoms with E-state index in [0.29, 0.717) is 13.1 Å². The number of carbonyl (C=O) groups excluding carboxylic acids is 2. The van der Waals surface area contributed by atoms with Crippen molar-refractivity contribution in [3.8, 4) is 0 Å². The van der Waals surface area contributed by atoms with Gasteiger partial charge in [0.2, 0.25) is 5.91 Å². The fourth-order valence-electron chi connectivity index (χ4n) is 2.14. The Kier molecular flexibility index (Phi) is 6.99. The van der Waals surface area contributed by atoms with Gasteiger partial charge in [-0.25, -0.2) is 4.79 Å². The van der Waals surface area contributed by atoms with Crippen molar-refractivity contribution in [1.29, 1.82) is 0 Å². The van der Waals surface area contributed by atoms with E-state index in [1.54, 1.807) is 25.7 Å². The van der Waals surface area contributed by atoms with Crippen LogP contribution in [0.15, 0.2) is 0 Å². The fourth-order valence-corrected chi connectivity index (χ4v) is 3.23. The highest BCUT2D eigenvalue weighted by atomic mass is 32.2. The summed E-state index contributed by atoms with van der Waals surface area (Å²) in [6.45, 7) is 6.70. The lowest BCUT2D eigenvalue weighted by molar-refractivity contribution is -0.132. The third kappa shape index (κ3) is 6.25. The zero-order valence-corrected chi connectivity index (χ0v) is 15.9. The van der Waals surface area contributed by atoms with E-state index >= 15 is 0 Å². The predicted molar refractivity (Wildman–Crippen MR) is 89.6 cm³/mol. The molecule has 0 aromatic rings. The lowest BCUT2D eigenvalue weighted by atomic mass is 10.2. The minimum Gasteiger partial charge on any atom is -0.444 e. The first-order valence-electron chi connectivity index (χ1n) is 7.86. The molecule has 0 atom stereocenters. The van der Waals surface area contributed by atoms with E-state index in [9.17, 15) is 18.0 Å². The standard InChI is InChI=1S/C14H28N4O5S/c1-14(2,3)23-13(20)15-7-6-12(19)17-8-10-18(11-9-17)24(21,22)16(4)5/h6-11H2,1-5H3,(H,15,20). The molecule has 0 bridgehead atoms. The highest BCUT2D eigenvalue weighted by Crippen LogP contribution is 2.10. The van der Waals surface area contributed by atoms with Crippen LogP contribution in [0.2, 0.25) is 0 Å². The van der Waals surface area contributed by atoms with Gasteiger partial charge < -0.3 is 15.0 Å². The number of nitrogens with one attached hydrogen (secondary N) is 1. The summed E-state index contributed by atoms with van der Waals surface area (Å²) in [5, 5.41) is 2.54. The van der Waals surface area contributed by atoms with Crippen molar-refractivity contribution in [3.05, 3.63) is 0 Å². The molecular formula is C14H28N4O5S. The monoisotopic (exact) mass is 364 g/mol. The minimum absolute atomic E-state index is 0.118. The van der Waals surface area contributed by atoms with Crippen molar-refractivity contribution >= 4 is 22.2 Å². The summed E-state index contributed by atoms with van der Waals surface area (Å²) in [6, 6.07) is 0. The molecule has 0 saturated carbocycles. The molecule has 10 heteroatoms. The molecule has 1 heterocycles. The molecule has 1 fully saturated rings. The van der Waals surface area contributed by atoms with Crippen LogP contribution >= 0.6 is 0 Å². The highest BCUT2D eigenvalue weighted by molar-refractivity contribution is 7.86. The van der Waals surface area contributed by atoms with Gasteiger partial charge in [-0.1, -0.05) is 0 Å². The Bertz CT molecular complexity index is 548. The first-order valence-corrected chi connectivity index (χ1v) is 9.25. The van der Waals surface area contributed by atoms with Crippen molar-refractivity contribution in [2.45, 2.75) is 32.8 Å². The number of hydrogen-bond donors (Lipinski definition) is 1. The zero-order chi connectivity index (χ0) is 18.5. The molecule has 0 spiro atoms. The molecule has 0 aliphatic carbocycles. The van der Waals surface area contributed by atoms with E-state index in [-0.39, 0.29) is 32.0 Å². The molecule has 1 rings (SSSR count). The number of hydrogen-bond acceptors (Lipinski definition) is 5. The fraction of sp³-hybridized carbons (Fsp3) is 0.857. The van der Waals surface area contributed by atoms with Crippen molar-refractivity contribution in [1.82, 2.24) is 18.8 Å². The SMILES string of the molecule is CN(C)S(=O)(=O)N1CCN(C(=O)CCNC(=O)OC(C)(C)C)CC1. The molecular weight excluding hydrogens is 336 g/mol. The van der Waals surface area contributed by atoms with Crippen LogP contribution in [0.5, 0.6) is 0 Å². The van der Waals surface area contributed by atoms with Gasteiger partial charge in [0.25, 0.3) is 10.2 Å². The van der Waals surface area contributed by atoms with Crippen molar-refractivity contribution < 1.29 is 22.7 Å². The molecule has 1 aliphatic heterocycles. The summed E-state index contributed by atoms with van der Waals surface area (Å²) >= 11 is 0. The van der Waals surface area contributed by atoms with Crippen LogP contribution < -0.4 is 5.32 Å². The van der Waals surface area contributed by atoms with Gasteiger partial charge in [-0.3, -0.25) is 4.79 Å². The summed E-state index contributed by atoms with van der Waals surface area (Å²) in [4.78, 5) is 25.2. The summed E-state index contributed by atoms with van der Waals surface area (Å²) in [6.07, 6.45) is -0.406. The van der Waals surface area contributed by atoms with Gasteiger partial charge in [0.15, 0.2) is 0 Å². The second-order valence-corrected chi connectivity index (χ2v) is 8.89. The van der Waals surface area contributed by atoms with Crippen LogP contribution in [0.25, 0.3) is 0 Å². The van der Waals surface area contributed by atoms with Gasteiger partial charge in [-0.05, 0) is 20.8 Å². The number of piperazine rings is 1. The molecule has 1 N–H and O–H groups in total. The van der Waals surface area contributed by atoms with Gasteiger partial charge in [0.1, 0.15) is 5.60 Å². The molecule has 0 aromatic heterocycles. The van der Waals surface area contributed by atoms with Crippen LogP contribution in [0, 0.1) is 0 Å². The van der Waals surface area contributed by atoms with Gasteiger partial charge in [0.05, 0.1) is 0 Å². The Morgan fingerprint density at radius 1 is 1.12 bits per heavy atom. The Balaban J connectivity index is 2.35. The number of alkyl carbamates (subject to hydrolysis) is 1. The number of ether oxygens (including phenoxy) is 1. The molecule has 0 unspecified atom stereocenters. The van der Waals surface area contributed by atoms with Crippen molar-refractivity contribution in [2.75, 3.05) is 46.8 Å².